The Kier molecular flexibility index (Phi) is 8.44. The van der Waals surface area contributed by atoms with Crippen molar-refractivity contribution in [3.8, 4) is 11.8 Å². The molecule has 1 N–H and O–H groups in total. The van der Waals surface area contributed by atoms with Crippen LogP contribution >= 0.6 is 0 Å². The van der Waals surface area contributed by atoms with Gasteiger partial charge in [-0.1, -0.05) is 32.0 Å². The summed E-state index contributed by atoms with van der Waals surface area (Å²) in [7, 11) is 0. The molecule has 0 unspecified atom stereocenters. The van der Waals surface area contributed by atoms with Gasteiger partial charge in [0.1, 0.15) is 11.8 Å². The fourth-order valence-corrected chi connectivity index (χ4v) is 2.09. The predicted molar refractivity (Wildman–Crippen MR) is 81.7 cm³/mol. The third kappa shape index (κ3) is 6.05. The van der Waals surface area contributed by atoms with E-state index in [2.05, 4.69) is 24.1 Å². The van der Waals surface area contributed by atoms with E-state index in [1.165, 1.54) is 0 Å². The lowest BCUT2D eigenvalue weighted by Gasteiger charge is -2.17. The lowest BCUT2D eigenvalue weighted by molar-refractivity contribution is 0.297. The Bertz CT molecular complexity index is 410. The number of para-hydroxylation sites is 1. The zero-order chi connectivity index (χ0) is 14.6. The largest absolute Gasteiger partial charge is 0.478 e. The number of nitrogens with zero attached hydrogens (tertiary/aromatic N) is 2. The normalized spacial score (nSPS) is 10.5. The van der Waals surface area contributed by atoms with Crippen molar-refractivity contribution in [1.29, 1.82) is 5.26 Å². The molecule has 0 aromatic heterocycles. The van der Waals surface area contributed by atoms with Crippen LogP contribution in [0.2, 0.25) is 0 Å². The lowest BCUT2D eigenvalue weighted by atomic mass is 10.2. The van der Waals surface area contributed by atoms with Crippen molar-refractivity contribution in [2.75, 3.05) is 32.8 Å². The fourth-order valence-electron chi connectivity index (χ4n) is 2.09. The summed E-state index contributed by atoms with van der Waals surface area (Å²) in [6.07, 6.45) is 1.14. The van der Waals surface area contributed by atoms with Crippen LogP contribution in [-0.2, 0) is 6.54 Å². The molecule has 4 nitrogen and oxygen atoms in total. The van der Waals surface area contributed by atoms with E-state index in [0.717, 1.165) is 50.5 Å². The van der Waals surface area contributed by atoms with Gasteiger partial charge < -0.3 is 15.0 Å². The quantitative estimate of drug-likeness (QED) is 0.666. The maximum Gasteiger partial charge on any atom is 0.174 e. The van der Waals surface area contributed by atoms with Gasteiger partial charge in [0.15, 0.2) is 6.61 Å². The van der Waals surface area contributed by atoms with E-state index in [1.807, 2.05) is 30.3 Å². The number of ether oxygens (including phenoxy) is 1. The Balaban J connectivity index is 2.29. The van der Waals surface area contributed by atoms with E-state index in [1.54, 1.807) is 0 Å². The standard InChI is InChI=1S/C16H25N3O/c1-3-19(4-2)12-7-11-18-14-15-8-5-6-9-16(15)20-13-10-17/h5-6,8-9,18H,3-4,7,11-14H2,1-2H3. The molecular formula is C16H25N3O. The summed E-state index contributed by atoms with van der Waals surface area (Å²) in [5, 5.41) is 12.0. The number of hydrogen-bond donors (Lipinski definition) is 1. The van der Waals surface area contributed by atoms with Crippen LogP contribution < -0.4 is 10.1 Å². The first kappa shape index (κ1) is 16.5. The Hall–Kier alpha value is -1.57. The zero-order valence-corrected chi connectivity index (χ0v) is 12.6. The highest BCUT2D eigenvalue weighted by molar-refractivity contribution is 5.33. The summed E-state index contributed by atoms with van der Waals surface area (Å²) in [5.74, 6) is 0.797. The minimum atomic E-state index is 0.0962. The summed E-state index contributed by atoms with van der Waals surface area (Å²) >= 11 is 0. The molecule has 0 saturated carbocycles. The molecule has 0 fully saturated rings. The van der Waals surface area contributed by atoms with Crippen molar-refractivity contribution in [2.45, 2.75) is 26.8 Å². The minimum Gasteiger partial charge on any atom is -0.478 e. The Morgan fingerprint density at radius 1 is 1.25 bits per heavy atom. The SMILES string of the molecule is CCN(CC)CCCNCc1ccccc1OCC#N. The highest BCUT2D eigenvalue weighted by atomic mass is 16.5. The van der Waals surface area contributed by atoms with Gasteiger partial charge in [-0.05, 0) is 38.7 Å². The van der Waals surface area contributed by atoms with Gasteiger partial charge >= 0.3 is 0 Å². The average Bonchev–Trinajstić information content (AvgIpc) is 2.50. The van der Waals surface area contributed by atoms with Crippen LogP contribution in [0.25, 0.3) is 0 Å². The van der Waals surface area contributed by atoms with Crippen molar-refractivity contribution >= 4 is 0 Å². The van der Waals surface area contributed by atoms with Crippen molar-refractivity contribution in [1.82, 2.24) is 10.2 Å². The molecule has 0 amide bonds. The van der Waals surface area contributed by atoms with E-state index in [0.29, 0.717) is 0 Å². The molecule has 0 spiro atoms. The third-order valence-corrected chi connectivity index (χ3v) is 3.30. The highest BCUT2D eigenvalue weighted by Gasteiger charge is 2.02. The molecule has 0 aliphatic heterocycles. The molecule has 0 atom stereocenters. The average molecular weight is 275 g/mol. The van der Waals surface area contributed by atoms with Gasteiger partial charge in [-0.15, -0.1) is 0 Å². The van der Waals surface area contributed by atoms with Crippen LogP contribution in [0.15, 0.2) is 24.3 Å². The van der Waals surface area contributed by atoms with Gasteiger partial charge in [0.05, 0.1) is 0 Å². The van der Waals surface area contributed by atoms with Crippen LogP contribution in [0.1, 0.15) is 25.8 Å². The second-order valence-corrected chi connectivity index (χ2v) is 4.61. The zero-order valence-electron chi connectivity index (χ0n) is 12.6. The van der Waals surface area contributed by atoms with Crippen LogP contribution in [0, 0.1) is 11.3 Å². The molecular weight excluding hydrogens is 250 g/mol. The molecule has 0 bridgehead atoms. The van der Waals surface area contributed by atoms with E-state index >= 15 is 0 Å². The summed E-state index contributed by atoms with van der Waals surface area (Å²) in [6, 6.07) is 9.86. The van der Waals surface area contributed by atoms with Gasteiger partial charge in [-0.2, -0.15) is 5.26 Å². The van der Waals surface area contributed by atoms with Crippen LogP contribution in [-0.4, -0.2) is 37.7 Å². The summed E-state index contributed by atoms with van der Waals surface area (Å²) in [6.45, 7) is 9.61. The van der Waals surface area contributed by atoms with E-state index in [4.69, 9.17) is 10.00 Å². The monoisotopic (exact) mass is 275 g/mol. The van der Waals surface area contributed by atoms with Crippen LogP contribution in [0.4, 0.5) is 0 Å². The first-order valence-corrected chi connectivity index (χ1v) is 7.32. The molecule has 110 valence electrons. The number of nitriles is 1. The third-order valence-electron chi connectivity index (χ3n) is 3.30. The van der Waals surface area contributed by atoms with Gasteiger partial charge in [0.2, 0.25) is 0 Å². The molecule has 0 radical (unpaired) electrons. The summed E-state index contributed by atoms with van der Waals surface area (Å²) in [4.78, 5) is 2.42. The topological polar surface area (TPSA) is 48.3 Å². The molecule has 1 aromatic rings. The first-order valence-electron chi connectivity index (χ1n) is 7.32. The molecule has 1 rings (SSSR count). The summed E-state index contributed by atoms with van der Waals surface area (Å²) < 4.78 is 5.41. The number of rotatable bonds is 10. The summed E-state index contributed by atoms with van der Waals surface area (Å²) in [5.41, 5.74) is 1.10. The molecule has 1 aromatic carbocycles. The van der Waals surface area contributed by atoms with Crippen molar-refractivity contribution in [3.05, 3.63) is 29.8 Å². The molecule has 20 heavy (non-hydrogen) atoms. The maximum atomic E-state index is 8.57. The van der Waals surface area contributed by atoms with Gasteiger partial charge in [-0.3, -0.25) is 0 Å². The van der Waals surface area contributed by atoms with E-state index in [9.17, 15) is 0 Å². The van der Waals surface area contributed by atoms with Gasteiger partial charge in [-0.25, -0.2) is 0 Å². The van der Waals surface area contributed by atoms with Crippen LogP contribution in [0.3, 0.4) is 0 Å². The predicted octanol–water partition coefficient (Wildman–Crippen LogP) is 2.41. The minimum absolute atomic E-state index is 0.0962. The molecule has 0 heterocycles. The fraction of sp³-hybridized carbons (Fsp3) is 0.562. The van der Waals surface area contributed by atoms with E-state index in [-0.39, 0.29) is 6.61 Å². The Morgan fingerprint density at radius 2 is 2.00 bits per heavy atom. The van der Waals surface area contributed by atoms with Crippen molar-refractivity contribution < 1.29 is 4.74 Å². The smallest absolute Gasteiger partial charge is 0.174 e. The van der Waals surface area contributed by atoms with Gasteiger partial charge in [0, 0.05) is 12.1 Å². The maximum absolute atomic E-state index is 8.57. The van der Waals surface area contributed by atoms with Crippen LogP contribution in [0.5, 0.6) is 5.75 Å². The van der Waals surface area contributed by atoms with E-state index < -0.39 is 0 Å². The highest BCUT2D eigenvalue weighted by Crippen LogP contribution is 2.17. The second-order valence-electron chi connectivity index (χ2n) is 4.61. The molecule has 0 aliphatic rings. The first-order chi connectivity index (χ1) is 9.81. The Morgan fingerprint density at radius 3 is 2.70 bits per heavy atom. The number of benzene rings is 1. The molecule has 0 saturated heterocycles. The number of hydrogen-bond acceptors (Lipinski definition) is 4. The molecule has 4 heteroatoms. The van der Waals surface area contributed by atoms with Crippen molar-refractivity contribution in [2.24, 2.45) is 0 Å². The van der Waals surface area contributed by atoms with Crippen molar-refractivity contribution in [3.63, 3.8) is 0 Å². The number of nitrogens with one attached hydrogen (secondary N) is 1. The lowest BCUT2D eigenvalue weighted by Crippen LogP contribution is -2.27. The van der Waals surface area contributed by atoms with Gasteiger partial charge in [0.25, 0.3) is 0 Å². The Labute approximate surface area is 122 Å². The second kappa shape index (κ2) is 10.2. The molecule has 0 aliphatic carbocycles.